The van der Waals surface area contributed by atoms with E-state index in [1.807, 2.05) is 45.0 Å². The monoisotopic (exact) mass is 249 g/mol. The third-order valence-corrected chi connectivity index (χ3v) is 3.85. The van der Waals surface area contributed by atoms with Crippen molar-refractivity contribution in [2.45, 2.75) is 33.6 Å². The SMILES string of the molecule is CCC(CC)(CO)CNC(=O)c1ccccc1C. The van der Waals surface area contributed by atoms with Crippen LogP contribution in [-0.2, 0) is 0 Å². The maximum Gasteiger partial charge on any atom is 0.251 e. The number of amides is 1. The van der Waals surface area contributed by atoms with Gasteiger partial charge in [0.15, 0.2) is 0 Å². The maximum atomic E-state index is 12.1. The predicted octanol–water partition coefficient (Wildman–Crippen LogP) is 2.52. The van der Waals surface area contributed by atoms with E-state index >= 15 is 0 Å². The number of benzene rings is 1. The Bertz CT molecular complexity index is 389. The number of hydrogen-bond donors (Lipinski definition) is 2. The van der Waals surface area contributed by atoms with Gasteiger partial charge in [-0.25, -0.2) is 0 Å². The minimum atomic E-state index is -0.196. The Morgan fingerprint density at radius 2 is 1.89 bits per heavy atom. The Kier molecular flexibility index (Phi) is 5.35. The average Bonchev–Trinajstić information content (AvgIpc) is 2.41. The molecule has 0 aromatic heterocycles. The Balaban J connectivity index is 2.69. The van der Waals surface area contributed by atoms with Crippen molar-refractivity contribution in [3.8, 4) is 0 Å². The maximum absolute atomic E-state index is 12.1. The molecule has 0 unspecified atom stereocenters. The highest BCUT2D eigenvalue weighted by molar-refractivity contribution is 5.95. The lowest BCUT2D eigenvalue weighted by molar-refractivity contribution is 0.0850. The summed E-state index contributed by atoms with van der Waals surface area (Å²) in [7, 11) is 0. The summed E-state index contributed by atoms with van der Waals surface area (Å²) in [5, 5.41) is 12.4. The fraction of sp³-hybridized carbons (Fsp3) is 0.533. The first-order valence-corrected chi connectivity index (χ1v) is 6.53. The smallest absolute Gasteiger partial charge is 0.251 e. The number of nitrogens with one attached hydrogen (secondary N) is 1. The van der Waals surface area contributed by atoms with Gasteiger partial charge in [-0.2, -0.15) is 0 Å². The molecule has 0 aliphatic heterocycles. The zero-order valence-electron chi connectivity index (χ0n) is 11.5. The van der Waals surface area contributed by atoms with Gasteiger partial charge < -0.3 is 10.4 Å². The first kappa shape index (κ1) is 14.7. The quantitative estimate of drug-likeness (QED) is 0.814. The molecule has 0 saturated heterocycles. The van der Waals surface area contributed by atoms with E-state index in [4.69, 9.17) is 0 Å². The molecule has 3 nitrogen and oxygen atoms in total. The summed E-state index contributed by atoms with van der Waals surface area (Å²) in [5.41, 5.74) is 1.48. The van der Waals surface area contributed by atoms with E-state index in [9.17, 15) is 9.90 Å². The molecule has 100 valence electrons. The van der Waals surface area contributed by atoms with Gasteiger partial charge in [0.1, 0.15) is 0 Å². The Hall–Kier alpha value is -1.35. The van der Waals surface area contributed by atoms with Crippen LogP contribution in [0.4, 0.5) is 0 Å². The normalized spacial score (nSPS) is 11.3. The highest BCUT2D eigenvalue weighted by Gasteiger charge is 2.26. The summed E-state index contributed by atoms with van der Waals surface area (Å²) >= 11 is 0. The second-order valence-corrected chi connectivity index (χ2v) is 4.86. The molecule has 3 heteroatoms. The van der Waals surface area contributed by atoms with Crippen LogP contribution < -0.4 is 5.32 Å². The van der Waals surface area contributed by atoms with E-state index in [0.29, 0.717) is 12.1 Å². The summed E-state index contributed by atoms with van der Waals surface area (Å²) in [6, 6.07) is 7.53. The van der Waals surface area contributed by atoms with E-state index in [0.717, 1.165) is 18.4 Å². The standard InChI is InChI=1S/C15H23NO2/c1-4-15(5-2,11-17)10-16-14(18)13-9-7-6-8-12(13)3/h6-9,17H,4-5,10-11H2,1-3H3,(H,16,18). The zero-order valence-corrected chi connectivity index (χ0v) is 11.5. The second-order valence-electron chi connectivity index (χ2n) is 4.86. The molecule has 1 aromatic rings. The van der Waals surface area contributed by atoms with E-state index < -0.39 is 0 Å². The van der Waals surface area contributed by atoms with Crippen LogP contribution in [0.3, 0.4) is 0 Å². The molecule has 1 aromatic carbocycles. The summed E-state index contributed by atoms with van der Waals surface area (Å²) in [4.78, 5) is 12.1. The van der Waals surface area contributed by atoms with Gasteiger partial charge in [-0.1, -0.05) is 32.0 Å². The van der Waals surface area contributed by atoms with Crippen molar-refractivity contribution < 1.29 is 9.90 Å². The van der Waals surface area contributed by atoms with Gasteiger partial charge in [0, 0.05) is 17.5 Å². The fourth-order valence-electron chi connectivity index (χ4n) is 1.97. The van der Waals surface area contributed by atoms with E-state index in [2.05, 4.69) is 5.32 Å². The van der Waals surface area contributed by atoms with E-state index in [1.165, 1.54) is 0 Å². The van der Waals surface area contributed by atoms with Gasteiger partial charge >= 0.3 is 0 Å². The first-order valence-electron chi connectivity index (χ1n) is 6.53. The molecular formula is C15H23NO2. The molecule has 1 rings (SSSR count). The van der Waals surface area contributed by atoms with Crippen LogP contribution >= 0.6 is 0 Å². The third-order valence-electron chi connectivity index (χ3n) is 3.85. The largest absolute Gasteiger partial charge is 0.396 e. The van der Waals surface area contributed by atoms with Crippen molar-refractivity contribution in [2.24, 2.45) is 5.41 Å². The van der Waals surface area contributed by atoms with Crippen molar-refractivity contribution in [1.29, 1.82) is 0 Å². The number of carbonyl (C=O) groups excluding carboxylic acids is 1. The molecule has 0 atom stereocenters. The molecule has 2 N–H and O–H groups in total. The molecule has 18 heavy (non-hydrogen) atoms. The molecule has 0 aliphatic rings. The number of aliphatic hydroxyl groups is 1. The second kappa shape index (κ2) is 6.55. The lowest BCUT2D eigenvalue weighted by Crippen LogP contribution is -2.39. The number of hydrogen-bond acceptors (Lipinski definition) is 2. The molecular weight excluding hydrogens is 226 g/mol. The lowest BCUT2D eigenvalue weighted by atomic mass is 9.83. The molecule has 1 amide bonds. The number of aliphatic hydroxyl groups excluding tert-OH is 1. The summed E-state index contributed by atoms with van der Waals surface area (Å²) in [5.74, 6) is -0.0622. The van der Waals surface area contributed by atoms with Crippen LogP contribution in [-0.4, -0.2) is 24.2 Å². The minimum Gasteiger partial charge on any atom is -0.396 e. The van der Waals surface area contributed by atoms with Crippen LogP contribution in [0.2, 0.25) is 0 Å². The van der Waals surface area contributed by atoms with Crippen LogP contribution in [0.15, 0.2) is 24.3 Å². The molecule has 0 heterocycles. The fourth-order valence-corrected chi connectivity index (χ4v) is 1.97. The van der Waals surface area contributed by atoms with Crippen LogP contribution in [0.25, 0.3) is 0 Å². The van der Waals surface area contributed by atoms with Crippen molar-refractivity contribution >= 4 is 5.91 Å². The molecule has 0 radical (unpaired) electrons. The Morgan fingerprint density at radius 3 is 2.39 bits per heavy atom. The topological polar surface area (TPSA) is 49.3 Å². The van der Waals surface area contributed by atoms with E-state index in [-0.39, 0.29) is 17.9 Å². The Labute approximate surface area is 109 Å². The average molecular weight is 249 g/mol. The van der Waals surface area contributed by atoms with Crippen LogP contribution in [0, 0.1) is 12.3 Å². The number of rotatable bonds is 6. The van der Waals surface area contributed by atoms with Gasteiger partial charge in [0.05, 0.1) is 6.61 Å². The highest BCUT2D eigenvalue weighted by Crippen LogP contribution is 2.24. The van der Waals surface area contributed by atoms with Crippen molar-refractivity contribution in [3.05, 3.63) is 35.4 Å². The minimum absolute atomic E-state index is 0.0622. The van der Waals surface area contributed by atoms with Gasteiger partial charge in [-0.05, 0) is 31.4 Å². The molecule has 0 saturated carbocycles. The third kappa shape index (κ3) is 3.33. The molecule has 0 aliphatic carbocycles. The summed E-state index contributed by atoms with van der Waals surface area (Å²) in [6.45, 7) is 6.63. The van der Waals surface area contributed by atoms with Crippen molar-refractivity contribution in [3.63, 3.8) is 0 Å². The Morgan fingerprint density at radius 1 is 1.28 bits per heavy atom. The van der Waals surface area contributed by atoms with Crippen LogP contribution in [0.5, 0.6) is 0 Å². The van der Waals surface area contributed by atoms with Crippen molar-refractivity contribution in [1.82, 2.24) is 5.32 Å². The zero-order chi connectivity index (χ0) is 13.6. The van der Waals surface area contributed by atoms with Gasteiger partial charge in [0.25, 0.3) is 5.91 Å². The highest BCUT2D eigenvalue weighted by atomic mass is 16.3. The van der Waals surface area contributed by atoms with E-state index in [1.54, 1.807) is 0 Å². The van der Waals surface area contributed by atoms with Gasteiger partial charge in [0.2, 0.25) is 0 Å². The number of carbonyl (C=O) groups is 1. The summed E-state index contributed by atoms with van der Waals surface area (Å²) < 4.78 is 0. The van der Waals surface area contributed by atoms with Gasteiger partial charge in [-0.15, -0.1) is 0 Å². The van der Waals surface area contributed by atoms with Crippen molar-refractivity contribution in [2.75, 3.05) is 13.2 Å². The summed E-state index contributed by atoms with van der Waals surface area (Å²) in [6.07, 6.45) is 1.71. The lowest BCUT2D eigenvalue weighted by Gasteiger charge is -2.29. The molecule has 0 bridgehead atoms. The predicted molar refractivity (Wildman–Crippen MR) is 73.6 cm³/mol. The first-order chi connectivity index (χ1) is 8.58. The van der Waals surface area contributed by atoms with Crippen LogP contribution in [0.1, 0.15) is 42.6 Å². The van der Waals surface area contributed by atoms with Gasteiger partial charge in [-0.3, -0.25) is 4.79 Å². The molecule has 0 fully saturated rings. The molecule has 0 spiro atoms. The number of aryl methyl sites for hydroxylation is 1.